The highest BCUT2D eigenvalue weighted by molar-refractivity contribution is 6.31. The van der Waals surface area contributed by atoms with Gasteiger partial charge in [0, 0.05) is 22.3 Å². The zero-order valence-electron chi connectivity index (χ0n) is 13.9. The van der Waals surface area contributed by atoms with Gasteiger partial charge in [-0.1, -0.05) is 35.9 Å². The predicted octanol–water partition coefficient (Wildman–Crippen LogP) is 4.87. The van der Waals surface area contributed by atoms with E-state index in [-0.39, 0.29) is 0 Å². The lowest BCUT2D eigenvalue weighted by Crippen LogP contribution is -2.03. The van der Waals surface area contributed by atoms with Crippen molar-refractivity contribution in [1.82, 2.24) is 20.2 Å². The van der Waals surface area contributed by atoms with Crippen molar-refractivity contribution in [2.75, 3.05) is 10.6 Å². The summed E-state index contributed by atoms with van der Waals surface area (Å²) >= 11 is 6.16. The monoisotopic (exact) mass is 362 g/mol. The second-order valence-electron chi connectivity index (χ2n) is 5.71. The Morgan fingerprint density at radius 1 is 0.923 bits per heavy atom. The van der Waals surface area contributed by atoms with E-state index in [2.05, 4.69) is 30.8 Å². The largest absolute Gasteiger partial charge is 0.337 e. The first-order valence-corrected chi connectivity index (χ1v) is 8.41. The first kappa shape index (κ1) is 16.2. The number of pyridine rings is 1. The van der Waals surface area contributed by atoms with Crippen molar-refractivity contribution >= 4 is 45.6 Å². The van der Waals surface area contributed by atoms with Crippen LogP contribution in [0.1, 0.15) is 5.56 Å². The van der Waals surface area contributed by atoms with Crippen LogP contribution in [0.5, 0.6) is 0 Å². The van der Waals surface area contributed by atoms with E-state index in [0.717, 1.165) is 27.8 Å². The predicted molar refractivity (Wildman–Crippen MR) is 104 cm³/mol. The highest BCUT2D eigenvalue weighted by Gasteiger charge is 2.07. The molecule has 2 N–H and O–H groups in total. The number of para-hydroxylation sites is 1. The fourth-order valence-electron chi connectivity index (χ4n) is 2.62. The summed E-state index contributed by atoms with van der Waals surface area (Å²) in [4.78, 5) is 8.91. The van der Waals surface area contributed by atoms with E-state index < -0.39 is 0 Å². The second kappa shape index (κ2) is 6.93. The number of nitrogens with zero attached hydrogens (tertiary/aromatic N) is 4. The summed E-state index contributed by atoms with van der Waals surface area (Å²) in [6, 6.07) is 15.5. The molecule has 26 heavy (non-hydrogen) atoms. The molecule has 2 heterocycles. The Labute approximate surface area is 155 Å². The molecule has 0 bridgehead atoms. The number of fused-ring (bicyclic) bond motifs is 1. The Bertz CT molecular complexity index is 1080. The van der Waals surface area contributed by atoms with Crippen molar-refractivity contribution < 1.29 is 0 Å². The van der Waals surface area contributed by atoms with Crippen molar-refractivity contribution in [1.29, 1.82) is 0 Å². The minimum Gasteiger partial charge on any atom is -0.337 e. The summed E-state index contributed by atoms with van der Waals surface area (Å²) in [5.41, 5.74) is 3.49. The molecule has 0 amide bonds. The molecule has 6 nitrogen and oxygen atoms in total. The first-order chi connectivity index (χ1) is 12.7. The van der Waals surface area contributed by atoms with Crippen LogP contribution in [0, 0.1) is 6.92 Å². The first-order valence-electron chi connectivity index (χ1n) is 8.03. The molecule has 0 fully saturated rings. The molecule has 0 radical (unpaired) electrons. The van der Waals surface area contributed by atoms with Crippen molar-refractivity contribution in [3.63, 3.8) is 0 Å². The molecule has 0 aliphatic carbocycles. The molecule has 7 heteroatoms. The zero-order valence-corrected chi connectivity index (χ0v) is 14.7. The third-order valence-electron chi connectivity index (χ3n) is 3.97. The zero-order chi connectivity index (χ0) is 17.9. The van der Waals surface area contributed by atoms with Gasteiger partial charge in [0.25, 0.3) is 0 Å². The molecule has 0 atom stereocenters. The number of hydrogen-bond donors (Lipinski definition) is 2. The molecule has 128 valence electrons. The number of aromatic nitrogens is 4. The smallest absolute Gasteiger partial charge is 0.249 e. The summed E-state index contributed by atoms with van der Waals surface area (Å²) in [5.74, 6) is 0.953. The van der Waals surface area contributed by atoms with Gasteiger partial charge in [-0.05, 0) is 36.8 Å². The Morgan fingerprint density at radius 2 is 1.73 bits per heavy atom. The summed E-state index contributed by atoms with van der Waals surface area (Å²) < 4.78 is 0. The maximum absolute atomic E-state index is 6.16. The summed E-state index contributed by atoms with van der Waals surface area (Å²) in [7, 11) is 0. The lowest BCUT2D eigenvalue weighted by atomic mass is 10.2. The van der Waals surface area contributed by atoms with Crippen LogP contribution in [0.25, 0.3) is 10.9 Å². The molecule has 0 spiro atoms. The molecule has 0 saturated carbocycles. The summed E-state index contributed by atoms with van der Waals surface area (Å²) in [5, 5.41) is 16.2. The van der Waals surface area contributed by atoms with Gasteiger partial charge in [0.05, 0.1) is 17.4 Å². The van der Waals surface area contributed by atoms with Crippen LogP contribution in [0.2, 0.25) is 5.02 Å². The van der Waals surface area contributed by atoms with Gasteiger partial charge in [-0.25, -0.2) is 0 Å². The van der Waals surface area contributed by atoms with E-state index in [0.29, 0.717) is 16.8 Å². The fourth-order valence-corrected chi connectivity index (χ4v) is 2.80. The molecule has 2 aromatic heterocycles. The van der Waals surface area contributed by atoms with Gasteiger partial charge in [0.15, 0.2) is 5.82 Å². The minimum absolute atomic E-state index is 0.383. The van der Waals surface area contributed by atoms with Crippen molar-refractivity contribution in [3.8, 4) is 0 Å². The Kier molecular flexibility index (Phi) is 4.33. The van der Waals surface area contributed by atoms with Crippen LogP contribution in [-0.2, 0) is 0 Å². The molecule has 4 rings (SSSR count). The maximum Gasteiger partial charge on any atom is 0.249 e. The molecule has 0 aliphatic heterocycles. The molecule has 2 aromatic carbocycles. The van der Waals surface area contributed by atoms with Gasteiger partial charge in [-0.2, -0.15) is 10.1 Å². The number of rotatable bonds is 4. The molecular formula is C19H15ClN6. The maximum atomic E-state index is 6.16. The van der Waals surface area contributed by atoms with Gasteiger partial charge in [-0.3, -0.25) is 4.98 Å². The highest BCUT2D eigenvalue weighted by atomic mass is 35.5. The second-order valence-corrected chi connectivity index (χ2v) is 6.12. The average molecular weight is 363 g/mol. The van der Waals surface area contributed by atoms with Crippen molar-refractivity contribution in [3.05, 3.63) is 71.5 Å². The van der Waals surface area contributed by atoms with E-state index in [1.807, 2.05) is 55.5 Å². The van der Waals surface area contributed by atoms with E-state index in [9.17, 15) is 0 Å². The Hall–Kier alpha value is -3.25. The van der Waals surface area contributed by atoms with Gasteiger partial charge >= 0.3 is 0 Å². The number of anilines is 4. The standard InChI is InChI=1S/C19H15ClN6/c1-12-14(20)7-3-8-15(12)24-19-25-17(11-22-26-19)23-16-9-2-5-13-6-4-10-21-18(13)16/h2-11H,1H3,(H2,23,24,25,26). The van der Waals surface area contributed by atoms with E-state index in [1.54, 1.807) is 12.4 Å². The number of halogens is 1. The number of benzene rings is 2. The van der Waals surface area contributed by atoms with Crippen molar-refractivity contribution in [2.45, 2.75) is 6.92 Å². The van der Waals surface area contributed by atoms with Crippen LogP contribution in [0.3, 0.4) is 0 Å². The lowest BCUT2D eigenvalue weighted by Gasteiger charge is -2.11. The molecule has 0 saturated heterocycles. The van der Waals surface area contributed by atoms with Gasteiger partial charge in [0.1, 0.15) is 0 Å². The third kappa shape index (κ3) is 3.27. The van der Waals surface area contributed by atoms with Crippen LogP contribution < -0.4 is 10.6 Å². The van der Waals surface area contributed by atoms with E-state index in [4.69, 9.17) is 11.6 Å². The molecule has 0 aliphatic rings. The highest BCUT2D eigenvalue weighted by Crippen LogP contribution is 2.26. The average Bonchev–Trinajstić information content (AvgIpc) is 2.66. The lowest BCUT2D eigenvalue weighted by molar-refractivity contribution is 0.982. The van der Waals surface area contributed by atoms with Gasteiger partial charge in [-0.15, -0.1) is 5.10 Å². The Balaban J connectivity index is 1.62. The number of hydrogen-bond acceptors (Lipinski definition) is 6. The molecule has 4 aromatic rings. The van der Waals surface area contributed by atoms with Crippen LogP contribution in [-0.4, -0.2) is 20.2 Å². The minimum atomic E-state index is 0.383. The van der Waals surface area contributed by atoms with Gasteiger partial charge < -0.3 is 10.6 Å². The van der Waals surface area contributed by atoms with Crippen LogP contribution in [0.15, 0.2) is 60.9 Å². The summed E-state index contributed by atoms with van der Waals surface area (Å²) in [6.07, 6.45) is 3.33. The van der Waals surface area contributed by atoms with E-state index >= 15 is 0 Å². The normalized spacial score (nSPS) is 10.7. The fraction of sp³-hybridized carbons (Fsp3) is 0.0526. The quantitative estimate of drug-likeness (QED) is 0.539. The van der Waals surface area contributed by atoms with Crippen LogP contribution in [0.4, 0.5) is 23.1 Å². The Morgan fingerprint density at radius 3 is 2.65 bits per heavy atom. The molecular weight excluding hydrogens is 348 g/mol. The number of nitrogens with one attached hydrogen (secondary N) is 2. The third-order valence-corrected chi connectivity index (χ3v) is 4.38. The topological polar surface area (TPSA) is 75.6 Å². The summed E-state index contributed by atoms with van der Waals surface area (Å²) in [6.45, 7) is 1.93. The van der Waals surface area contributed by atoms with Crippen molar-refractivity contribution in [2.24, 2.45) is 0 Å². The van der Waals surface area contributed by atoms with Gasteiger partial charge in [0.2, 0.25) is 5.95 Å². The molecule has 0 unspecified atom stereocenters. The van der Waals surface area contributed by atoms with Crippen LogP contribution >= 0.6 is 11.6 Å². The SMILES string of the molecule is Cc1c(Cl)cccc1Nc1nncc(Nc2cccc3cccnc23)n1. The van der Waals surface area contributed by atoms with E-state index in [1.165, 1.54) is 0 Å².